The normalized spacial score (nSPS) is 19.2. The lowest BCUT2D eigenvalue weighted by Gasteiger charge is -2.21. The van der Waals surface area contributed by atoms with Crippen molar-refractivity contribution < 1.29 is 9.59 Å². The first kappa shape index (κ1) is 13.3. The topological polar surface area (TPSA) is 49.4 Å². The Morgan fingerprint density at radius 2 is 2.10 bits per heavy atom. The molecule has 0 radical (unpaired) electrons. The molecular weight excluding hydrogens is 252 g/mol. The number of nitrogens with zero attached hydrogens (tertiary/aromatic N) is 1. The van der Waals surface area contributed by atoms with Crippen LogP contribution in [0.1, 0.15) is 35.7 Å². The van der Waals surface area contributed by atoms with E-state index >= 15 is 0 Å². The smallest absolute Gasteiger partial charge is 0.231 e. The van der Waals surface area contributed by atoms with E-state index < -0.39 is 0 Å². The highest BCUT2D eigenvalue weighted by molar-refractivity contribution is 6.04. The molecular formula is C16H20N2O2. The molecule has 4 heteroatoms. The van der Waals surface area contributed by atoms with Gasteiger partial charge in [-0.05, 0) is 56.6 Å². The number of fused-ring (bicyclic) bond motifs is 1. The second kappa shape index (κ2) is 5.37. The zero-order chi connectivity index (χ0) is 14.1. The van der Waals surface area contributed by atoms with E-state index in [0.29, 0.717) is 13.0 Å². The Balaban J connectivity index is 1.84. The highest BCUT2D eigenvalue weighted by Gasteiger charge is 2.28. The van der Waals surface area contributed by atoms with Crippen molar-refractivity contribution in [1.29, 1.82) is 0 Å². The predicted molar refractivity (Wildman–Crippen MR) is 78.1 cm³/mol. The second-order valence-corrected chi connectivity index (χ2v) is 5.55. The van der Waals surface area contributed by atoms with Gasteiger partial charge in [0.1, 0.15) is 0 Å². The largest absolute Gasteiger partial charge is 0.317 e. The first-order chi connectivity index (χ1) is 9.70. The number of likely N-dealkylation sites (N-methyl/N-ethyl adjacent to an activating group) is 1. The first-order valence-corrected chi connectivity index (χ1v) is 7.39. The molecule has 1 saturated heterocycles. The molecule has 1 amide bonds. The Labute approximate surface area is 119 Å². The summed E-state index contributed by atoms with van der Waals surface area (Å²) in [6.07, 6.45) is 2.25. The van der Waals surface area contributed by atoms with E-state index in [1.54, 1.807) is 4.90 Å². The van der Waals surface area contributed by atoms with Crippen LogP contribution in [0.2, 0.25) is 0 Å². The summed E-state index contributed by atoms with van der Waals surface area (Å²) in [5.41, 5.74) is 2.73. The van der Waals surface area contributed by atoms with Crippen LogP contribution in [0.5, 0.6) is 0 Å². The summed E-state index contributed by atoms with van der Waals surface area (Å²) in [6.45, 7) is 4.50. The molecule has 0 aromatic heterocycles. The zero-order valence-corrected chi connectivity index (χ0v) is 11.8. The highest BCUT2D eigenvalue weighted by Crippen LogP contribution is 2.30. The van der Waals surface area contributed by atoms with Crippen LogP contribution in [0, 0.1) is 5.92 Å². The Kier molecular flexibility index (Phi) is 3.57. The van der Waals surface area contributed by atoms with Crippen LogP contribution in [0.4, 0.5) is 5.69 Å². The molecule has 1 N–H and O–H groups in total. The Hall–Kier alpha value is -1.68. The van der Waals surface area contributed by atoms with Gasteiger partial charge in [0.25, 0.3) is 0 Å². The molecule has 20 heavy (non-hydrogen) atoms. The van der Waals surface area contributed by atoms with E-state index in [1.165, 1.54) is 0 Å². The highest BCUT2D eigenvalue weighted by atomic mass is 16.2. The minimum absolute atomic E-state index is 0.133. The Bertz CT molecular complexity index is 547. The summed E-state index contributed by atoms with van der Waals surface area (Å²) in [7, 11) is 0. The van der Waals surface area contributed by atoms with Crippen molar-refractivity contribution in [1.82, 2.24) is 5.32 Å². The van der Waals surface area contributed by atoms with Gasteiger partial charge >= 0.3 is 0 Å². The van der Waals surface area contributed by atoms with Crippen molar-refractivity contribution >= 4 is 17.4 Å². The molecule has 0 unspecified atom stereocenters. The van der Waals surface area contributed by atoms with Crippen LogP contribution in [0.3, 0.4) is 0 Å². The average Bonchev–Trinajstić information content (AvgIpc) is 2.81. The van der Waals surface area contributed by atoms with Crippen molar-refractivity contribution in [3.63, 3.8) is 0 Å². The number of Topliss-reactive ketones (excluding diaryl/α,β-unsaturated/α-hetero) is 1. The van der Waals surface area contributed by atoms with Crippen LogP contribution in [0.25, 0.3) is 0 Å². The van der Waals surface area contributed by atoms with Gasteiger partial charge < -0.3 is 10.2 Å². The lowest BCUT2D eigenvalue weighted by molar-refractivity contribution is -0.117. The molecule has 1 aromatic rings. The Morgan fingerprint density at radius 3 is 2.80 bits per heavy atom. The van der Waals surface area contributed by atoms with Crippen molar-refractivity contribution in [2.24, 2.45) is 5.92 Å². The maximum atomic E-state index is 12.5. The molecule has 2 heterocycles. The number of hydrogen-bond donors (Lipinski definition) is 1. The molecule has 0 saturated carbocycles. The molecule has 1 fully saturated rings. The lowest BCUT2D eigenvalue weighted by Crippen LogP contribution is -2.31. The third-order valence-electron chi connectivity index (χ3n) is 4.32. The van der Waals surface area contributed by atoms with Crippen molar-refractivity contribution in [3.05, 3.63) is 29.3 Å². The second-order valence-electron chi connectivity index (χ2n) is 5.55. The SMILES string of the molecule is CCN1C(=O)Cc2cc(C(=O)C3CCNCC3)ccc21. The van der Waals surface area contributed by atoms with E-state index in [9.17, 15) is 9.59 Å². The van der Waals surface area contributed by atoms with Crippen LogP contribution in [0.15, 0.2) is 18.2 Å². The maximum Gasteiger partial charge on any atom is 0.231 e. The fourth-order valence-electron chi connectivity index (χ4n) is 3.20. The quantitative estimate of drug-likeness (QED) is 0.853. The van der Waals surface area contributed by atoms with Gasteiger partial charge in [-0.15, -0.1) is 0 Å². The number of piperidine rings is 1. The van der Waals surface area contributed by atoms with Gasteiger partial charge in [-0.3, -0.25) is 9.59 Å². The van der Waals surface area contributed by atoms with Gasteiger partial charge in [-0.1, -0.05) is 0 Å². The van der Waals surface area contributed by atoms with E-state index in [0.717, 1.165) is 42.7 Å². The molecule has 2 aliphatic heterocycles. The average molecular weight is 272 g/mol. The molecule has 0 bridgehead atoms. The van der Waals surface area contributed by atoms with Crippen molar-refractivity contribution in [2.45, 2.75) is 26.2 Å². The molecule has 0 atom stereocenters. The maximum absolute atomic E-state index is 12.5. The number of benzene rings is 1. The molecule has 106 valence electrons. The number of anilines is 1. The molecule has 0 aliphatic carbocycles. The van der Waals surface area contributed by atoms with E-state index in [2.05, 4.69) is 5.32 Å². The van der Waals surface area contributed by atoms with Crippen molar-refractivity contribution in [3.8, 4) is 0 Å². The zero-order valence-electron chi connectivity index (χ0n) is 11.8. The summed E-state index contributed by atoms with van der Waals surface area (Å²) in [6, 6.07) is 5.73. The van der Waals surface area contributed by atoms with Crippen LogP contribution in [-0.2, 0) is 11.2 Å². The number of hydrogen-bond acceptors (Lipinski definition) is 3. The molecule has 0 spiro atoms. The van der Waals surface area contributed by atoms with Gasteiger partial charge in [0.15, 0.2) is 5.78 Å². The number of carbonyl (C=O) groups is 2. The predicted octanol–water partition coefficient (Wildman–Crippen LogP) is 1.78. The Morgan fingerprint density at radius 1 is 1.35 bits per heavy atom. The molecule has 1 aromatic carbocycles. The summed E-state index contributed by atoms with van der Waals surface area (Å²) >= 11 is 0. The standard InChI is InChI=1S/C16H20N2O2/c1-2-18-14-4-3-12(9-13(14)10-15(18)19)16(20)11-5-7-17-8-6-11/h3-4,9,11,17H,2,5-8,10H2,1H3. The summed E-state index contributed by atoms with van der Waals surface area (Å²) in [5, 5.41) is 3.28. The van der Waals surface area contributed by atoms with Gasteiger partial charge in [-0.25, -0.2) is 0 Å². The van der Waals surface area contributed by atoms with E-state index in [1.807, 2.05) is 25.1 Å². The molecule has 3 rings (SSSR count). The van der Waals surface area contributed by atoms with E-state index in [-0.39, 0.29) is 17.6 Å². The third kappa shape index (κ3) is 2.24. The third-order valence-corrected chi connectivity index (χ3v) is 4.32. The van der Waals surface area contributed by atoms with Crippen LogP contribution >= 0.6 is 0 Å². The van der Waals surface area contributed by atoms with Gasteiger partial charge in [0, 0.05) is 23.7 Å². The fourth-order valence-corrected chi connectivity index (χ4v) is 3.20. The summed E-state index contributed by atoms with van der Waals surface area (Å²) in [5.74, 6) is 0.499. The lowest BCUT2D eigenvalue weighted by atomic mass is 9.89. The van der Waals surface area contributed by atoms with Crippen LogP contribution < -0.4 is 10.2 Å². The van der Waals surface area contributed by atoms with Crippen molar-refractivity contribution in [2.75, 3.05) is 24.5 Å². The van der Waals surface area contributed by atoms with Gasteiger partial charge in [0.2, 0.25) is 5.91 Å². The summed E-state index contributed by atoms with van der Waals surface area (Å²) in [4.78, 5) is 26.2. The van der Waals surface area contributed by atoms with E-state index in [4.69, 9.17) is 0 Å². The van der Waals surface area contributed by atoms with Crippen LogP contribution in [-0.4, -0.2) is 31.3 Å². The van der Waals surface area contributed by atoms with Gasteiger partial charge in [-0.2, -0.15) is 0 Å². The summed E-state index contributed by atoms with van der Waals surface area (Å²) < 4.78 is 0. The number of nitrogens with one attached hydrogen (secondary N) is 1. The monoisotopic (exact) mass is 272 g/mol. The number of carbonyl (C=O) groups excluding carboxylic acids is 2. The molecule has 4 nitrogen and oxygen atoms in total. The minimum Gasteiger partial charge on any atom is -0.317 e. The number of amides is 1. The minimum atomic E-state index is 0.133. The number of ketones is 1. The fraction of sp³-hybridized carbons (Fsp3) is 0.500. The number of rotatable bonds is 3. The molecule has 2 aliphatic rings. The first-order valence-electron chi connectivity index (χ1n) is 7.39. The van der Waals surface area contributed by atoms with Gasteiger partial charge in [0.05, 0.1) is 6.42 Å².